The second-order valence-corrected chi connectivity index (χ2v) is 5.87. The van der Waals surface area contributed by atoms with Gasteiger partial charge in [-0.05, 0) is 59.2 Å². The molecule has 0 bridgehead atoms. The van der Waals surface area contributed by atoms with Crippen molar-refractivity contribution in [1.82, 2.24) is 9.97 Å². The van der Waals surface area contributed by atoms with Crippen LogP contribution < -0.4 is 5.73 Å². The number of hydrogen-bond acceptors (Lipinski definition) is 3. The monoisotopic (exact) mass is 377 g/mol. The lowest BCUT2D eigenvalue weighted by molar-refractivity contribution is 0.912. The van der Waals surface area contributed by atoms with Gasteiger partial charge < -0.3 is 5.73 Å². The van der Waals surface area contributed by atoms with Gasteiger partial charge in [0, 0.05) is 0 Å². The van der Waals surface area contributed by atoms with Crippen LogP contribution in [0.3, 0.4) is 0 Å². The number of nitrogens with two attached hydrogens (primary N) is 1. The fraction of sp³-hybridized carbons (Fsp3) is 0.474. The molecule has 0 unspecified atom stereocenters. The Bertz CT molecular complexity index is 559. The molecule has 1 heterocycles. The van der Waals surface area contributed by atoms with Crippen molar-refractivity contribution in [2.24, 2.45) is 0 Å². The van der Waals surface area contributed by atoms with Crippen LogP contribution in [0.15, 0.2) is 28.9 Å². The summed E-state index contributed by atoms with van der Waals surface area (Å²) in [5.74, 6) is 0.553. The fourth-order valence-corrected chi connectivity index (χ4v) is 3.08. The first-order chi connectivity index (χ1) is 11.2. The van der Waals surface area contributed by atoms with Crippen LogP contribution in [0.5, 0.6) is 0 Å². The fourth-order valence-electron chi connectivity index (χ4n) is 2.50. The van der Waals surface area contributed by atoms with E-state index in [-0.39, 0.29) is 0 Å². The van der Waals surface area contributed by atoms with E-state index in [0.717, 1.165) is 28.8 Å². The van der Waals surface area contributed by atoms with Gasteiger partial charge in [-0.3, -0.25) is 0 Å². The van der Waals surface area contributed by atoms with Crippen LogP contribution in [-0.4, -0.2) is 9.97 Å². The van der Waals surface area contributed by atoms with Gasteiger partial charge in [-0.15, -0.1) is 0 Å². The highest BCUT2D eigenvalue weighted by atomic mass is 79.9. The molecule has 0 aliphatic heterocycles. The molecule has 1 aromatic carbocycles. The average Bonchev–Trinajstić information content (AvgIpc) is 3.07. The van der Waals surface area contributed by atoms with Crippen molar-refractivity contribution in [1.29, 1.82) is 0 Å². The molecule has 23 heavy (non-hydrogen) atoms. The topological polar surface area (TPSA) is 51.8 Å². The van der Waals surface area contributed by atoms with Crippen LogP contribution in [0.1, 0.15) is 56.6 Å². The van der Waals surface area contributed by atoms with Gasteiger partial charge in [0.2, 0.25) is 0 Å². The van der Waals surface area contributed by atoms with E-state index in [0.29, 0.717) is 5.82 Å². The molecule has 0 fully saturated rings. The summed E-state index contributed by atoms with van der Waals surface area (Å²) in [5, 5.41) is 0. The molecule has 1 aliphatic rings. The second-order valence-electron chi connectivity index (χ2n) is 5.12. The molecule has 0 saturated heterocycles. The zero-order valence-electron chi connectivity index (χ0n) is 14.7. The number of aryl methyl sites for hydroxylation is 4. The van der Waals surface area contributed by atoms with Crippen molar-refractivity contribution in [2.45, 2.75) is 59.8 Å². The molecule has 126 valence electrons. The van der Waals surface area contributed by atoms with Gasteiger partial charge in [-0.2, -0.15) is 0 Å². The molecule has 4 heteroatoms. The summed E-state index contributed by atoms with van der Waals surface area (Å²) >= 11 is 3.35. The maximum absolute atomic E-state index is 5.68. The number of benzene rings is 1. The minimum atomic E-state index is 0.553. The maximum atomic E-state index is 5.68. The van der Waals surface area contributed by atoms with Gasteiger partial charge in [0.25, 0.3) is 0 Å². The first-order valence-electron chi connectivity index (χ1n) is 8.53. The van der Waals surface area contributed by atoms with E-state index in [9.17, 15) is 0 Å². The van der Waals surface area contributed by atoms with E-state index in [1.54, 1.807) is 11.1 Å². The zero-order valence-corrected chi connectivity index (χ0v) is 16.3. The molecule has 0 atom stereocenters. The summed E-state index contributed by atoms with van der Waals surface area (Å²) in [6, 6.07) is 8.74. The first kappa shape index (κ1) is 19.6. The van der Waals surface area contributed by atoms with Gasteiger partial charge in [-0.25, -0.2) is 9.97 Å². The summed E-state index contributed by atoms with van der Waals surface area (Å²) in [6.07, 6.45) is 5.63. The second kappa shape index (κ2) is 10.4. The van der Waals surface area contributed by atoms with E-state index in [1.165, 1.54) is 19.3 Å². The van der Waals surface area contributed by atoms with E-state index in [4.69, 9.17) is 5.73 Å². The zero-order chi connectivity index (χ0) is 17.2. The van der Waals surface area contributed by atoms with Crippen molar-refractivity contribution < 1.29 is 0 Å². The van der Waals surface area contributed by atoms with E-state index in [1.807, 2.05) is 27.7 Å². The third-order valence-electron chi connectivity index (χ3n) is 3.70. The van der Waals surface area contributed by atoms with Crippen LogP contribution in [-0.2, 0) is 25.7 Å². The predicted molar refractivity (Wildman–Crippen MR) is 103 cm³/mol. The Morgan fingerprint density at radius 2 is 1.48 bits per heavy atom. The Balaban J connectivity index is 0.000000213. The molecule has 3 nitrogen and oxygen atoms in total. The van der Waals surface area contributed by atoms with Crippen LogP contribution in [0.25, 0.3) is 0 Å². The summed E-state index contributed by atoms with van der Waals surface area (Å²) in [4.78, 5) is 8.52. The van der Waals surface area contributed by atoms with Crippen LogP contribution >= 0.6 is 15.9 Å². The van der Waals surface area contributed by atoms with Gasteiger partial charge in [0.1, 0.15) is 10.4 Å². The van der Waals surface area contributed by atoms with Crippen molar-refractivity contribution in [3.63, 3.8) is 0 Å². The minimum Gasteiger partial charge on any atom is -0.382 e. The third-order valence-corrected chi connectivity index (χ3v) is 4.34. The number of halogens is 1. The molecule has 0 radical (unpaired) electrons. The van der Waals surface area contributed by atoms with Gasteiger partial charge in [0.05, 0.1) is 11.4 Å². The molecule has 1 aliphatic carbocycles. The molecule has 1 aromatic heterocycles. The Labute approximate surface area is 148 Å². The largest absolute Gasteiger partial charge is 0.382 e. The number of fused-ring (bicyclic) bond motifs is 1. The quantitative estimate of drug-likeness (QED) is 0.787. The molecule has 0 spiro atoms. The highest BCUT2D eigenvalue weighted by Crippen LogP contribution is 2.20. The number of aromatic nitrogens is 2. The van der Waals surface area contributed by atoms with Crippen LogP contribution in [0.4, 0.5) is 5.82 Å². The molecule has 2 aromatic rings. The number of nitrogens with zero attached hydrogens (tertiary/aromatic N) is 2. The lowest BCUT2D eigenvalue weighted by Crippen LogP contribution is -2.04. The normalized spacial score (nSPS) is 11.7. The smallest absolute Gasteiger partial charge is 0.145 e. The lowest BCUT2D eigenvalue weighted by atomic mass is 10.1. The van der Waals surface area contributed by atoms with E-state index in [2.05, 4.69) is 50.2 Å². The summed E-state index contributed by atoms with van der Waals surface area (Å²) < 4.78 is 0.816. The standard InChI is InChI=1S/C9H10.C8H12BrN3.C2H6/c1-2-5-9-7-3-6-8(9)4-1;1-3-5-7(9)11-6(4-2)8(10)12-5;1-2/h1-2,4-5H,3,6-7H2;3-4H2,1-2H3,(H2,10,12);1-2H3. The highest BCUT2D eigenvalue weighted by molar-refractivity contribution is 9.10. The third kappa shape index (κ3) is 5.61. The Hall–Kier alpha value is -1.42. The van der Waals surface area contributed by atoms with Gasteiger partial charge in [-0.1, -0.05) is 52.0 Å². The summed E-state index contributed by atoms with van der Waals surface area (Å²) in [7, 11) is 0. The van der Waals surface area contributed by atoms with E-state index < -0.39 is 0 Å². The van der Waals surface area contributed by atoms with Crippen molar-refractivity contribution in [2.75, 3.05) is 5.73 Å². The highest BCUT2D eigenvalue weighted by Gasteiger charge is 2.07. The number of nitrogen functional groups attached to an aromatic ring is 1. The average molecular weight is 378 g/mol. The SMILES string of the molecule is CC.CCc1nc(Br)c(CC)nc1N.c1ccc2c(c1)CCC2. The van der Waals surface area contributed by atoms with Crippen molar-refractivity contribution in [3.05, 3.63) is 51.4 Å². The Morgan fingerprint density at radius 1 is 0.957 bits per heavy atom. The van der Waals surface area contributed by atoms with Crippen LogP contribution in [0, 0.1) is 0 Å². The number of hydrogen-bond donors (Lipinski definition) is 1. The number of anilines is 1. The lowest BCUT2D eigenvalue weighted by Gasteiger charge is -2.05. The maximum Gasteiger partial charge on any atom is 0.145 e. The molecule has 2 N–H and O–H groups in total. The Kier molecular flexibility index (Phi) is 8.85. The van der Waals surface area contributed by atoms with Crippen molar-refractivity contribution in [3.8, 4) is 0 Å². The summed E-state index contributed by atoms with van der Waals surface area (Å²) in [6.45, 7) is 8.04. The van der Waals surface area contributed by atoms with Crippen LogP contribution in [0.2, 0.25) is 0 Å². The van der Waals surface area contributed by atoms with Crippen molar-refractivity contribution >= 4 is 21.7 Å². The molecular formula is C19H28BrN3. The predicted octanol–water partition coefficient (Wildman–Crippen LogP) is 5.15. The van der Waals surface area contributed by atoms with Gasteiger partial charge in [0.15, 0.2) is 0 Å². The molecule has 0 amide bonds. The molecule has 0 saturated carbocycles. The number of rotatable bonds is 2. The van der Waals surface area contributed by atoms with E-state index >= 15 is 0 Å². The molecular weight excluding hydrogens is 350 g/mol. The summed E-state index contributed by atoms with van der Waals surface area (Å²) in [5.41, 5.74) is 10.6. The minimum absolute atomic E-state index is 0.553. The Morgan fingerprint density at radius 3 is 1.96 bits per heavy atom. The molecule has 3 rings (SSSR count). The van der Waals surface area contributed by atoms with Gasteiger partial charge >= 0.3 is 0 Å². The first-order valence-corrected chi connectivity index (χ1v) is 9.32.